The van der Waals surface area contributed by atoms with Crippen molar-refractivity contribution in [3.63, 3.8) is 0 Å². The van der Waals surface area contributed by atoms with E-state index >= 15 is 0 Å². The molecule has 0 aliphatic carbocycles. The molecule has 0 unspecified atom stereocenters. The summed E-state index contributed by atoms with van der Waals surface area (Å²) in [6.07, 6.45) is 2.60. The molecule has 1 aromatic heterocycles. The van der Waals surface area contributed by atoms with Crippen LogP contribution in [0.4, 0.5) is 0 Å². The first kappa shape index (κ1) is 14.5. The number of hydrogen-bond acceptors (Lipinski definition) is 3. The highest BCUT2D eigenvalue weighted by Crippen LogP contribution is 2.20. The van der Waals surface area contributed by atoms with Gasteiger partial charge in [0.15, 0.2) is 0 Å². The van der Waals surface area contributed by atoms with Crippen molar-refractivity contribution in [2.75, 3.05) is 26.7 Å². The van der Waals surface area contributed by atoms with Crippen molar-refractivity contribution in [1.82, 2.24) is 20.0 Å². The van der Waals surface area contributed by atoms with Gasteiger partial charge < -0.3 is 10.2 Å². The zero-order valence-corrected chi connectivity index (χ0v) is 13.2. The van der Waals surface area contributed by atoms with E-state index in [1.54, 1.807) is 0 Å². The van der Waals surface area contributed by atoms with Crippen molar-refractivity contribution >= 4 is 10.9 Å². The largest absolute Gasteiger partial charge is 0.317 e. The summed E-state index contributed by atoms with van der Waals surface area (Å²) in [5, 5.41) is 9.54. The van der Waals surface area contributed by atoms with Crippen molar-refractivity contribution in [2.24, 2.45) is 5.92 Å². The van der Waals surface area contributed by atoms with E-state index in [1.165, 1.54) is 49.1 Å². The molecule has 114 valence electrons. The van der Waals surface area contributed by atoms with Gasteiger partial charge in [-0.25, -0.2) is 0 Å². The fourth-order valence-corrected chi connectivity index (χ4v) is 3.38. The van der Waals surface area contributed by atoms with Gasteiger partial charge in [0.1, 0.15) is 0 Å². The third-order valence-corrected chi connectivity index (χ3v) is 4.48. The van der Waals surface area contributed by atoms with Gasteiger partial charge in [-0.1, -0.05) is 18.2 Å². The van der Waals surface area contributed by atoms with Crippen LogP contribution in [0.3, 0.4) is 0 Å². The molecule has 1 N–H and O–H groups in total. The molecular formula is C17H26N4. The Morgan fingerprint density at radius 2 is 2.05 bits per heavy atom. The average Bonchev–Trinajstić information content (AvgIpc) is 2.86. The van der Waals surface area contributed by atoms with Crippen LogP contribution >= 0.6 is 0 Å². The van der Waals surface area contributed by atoms with Crippen LogP contribution in [0.5, 0.6) is 0 Å². The molecule has 0 atom stereocenters. The summed E-state index contributed by atoms with van der Waals surface area (Å²) in [5.41, 5.74) is 2.47. The van der Waals surface area contributed by atoms with E-state index in [2.05, 4.69) is 53.1 Å². The first-order valence-corrected chi connectivity index (χ1v) is 8.11. The molecule has 2 aromatic rings. The van der Waals surface area contributed by atoms with Crippen molar-refractivity contribution in [3.8, 4) is 0 Å². The number of rotatable bonds is 5. The second kappa shape index (κ2) is 6.58. The Hall–Kier alpha value is -1.39. The fourth-order valence-electron chi connectivity index (χ4n) is 3.38. The second-order valence-corrected chi connectivity index (χ2v) is 6.17. The number of benzene rings is 1. The maximum atomic E-state index is 4.80. The van der Waals surface area contributed by atoms with Crippen LogP contribution in [-0.2, 0) is 13.1 Å². The SMILES string of the molecule is CCn1nc(CN(C)CC2CCNCC2)c2ccccc21. The normalized spacial score (nSPS) is 16.9. The lowest BCUT2D eigenvalue weighted by molar-refractivity contribution is 0.233. The van der Waals surface area contributed by atoms with Crippen molar-refractivity contribution < 1.29 is 0 Å². The van der Waals surface area contributed by atoms with Crippen molar-refractivity contribution in [1.29, 1.82) is 0 Å². The minimum absolute atomic E-state index is 0.829. The van der Waals surface area contributed by atoms with Gasteiger partial charge >= 0.3 is 0 Å². The van der Waals surface area contributed by atoms with Crippen LogP contribution in [0, 0.1) is 5.92 Å². The van der Waals surface area contributed by atoms with Crippen LogP contribution in [0.25, 0.3) is 10.9 Å². The molecular weight excluding hydrogens is 260 g/mol. The van der Waals surface area contributed by atoms with Crippen LogP contribution in [-0.4, -0.2) is 41.4 Å². The summed E-state index contributed by atoms with van der Waals surface area (Å²) >= 11 is 0. The van der Waals surface area contributed by atoms with Crippen LogP contribution < -0.4 is 5.32 Å². The molecule has 4 heteroatoms. The van der Waals surface area contributed by atoms with Gasteiger partial charge in [-0.15, -0.1) is 0 Å². The highest BCUT2D eigenvalue weighted by atomic mass is 15.3. The highest BCUT2D eigenvalue weighted by molar-refractivity contribution is 5.81. The molecule has 1 aromatic carbocycles. The lowest BCUT2D eigenvalue weighted by atomic mass is 9.97. The summed E-state index contributed by atoms with van der Waals surface area (Å²) in [7, 11) is 2.22. The van der Waals surface area contributed by atoms with E-state index in [9.17, 15) is 0 Å². The van der Waals surface area contributed by atoms with E-state index in [0.29, 0.717) is 0 Å². The van der Waals surface area contributed by atoms with E-state index in [-0.39, 0.29) is 0 Å². The number of hydrogen-bond donors (Lipinski definition) is 1. The monoisotopic (exact) mass is 286 g/mol. The van der Waals surface area contributed by atoms with Gasteiger partial charge in [-0.05, 0) is 51.9 Å². The Bertz CT molecular complexity index is 583. The minimum Gasteiger partial charge on any atom is -0.317 e. The van der Waals surface area contributed by atoms with Gasteiger partial charge in [-0.2, -0.15) is 5.10 Å². The molecule has 0 spiro atoms. The molecule has 1 saturated heterocycles. The van der Waals surface area contributed by atoms with Crippen LogP contribution in [0.2, 0.25) is 0 Å². The van der Waals surface area contributed by atoms with Gasteiger partial charge in [0, 0.05) is 25.0 Å². The smallest absolute Gasteiger partial charge is 0.0843 e. The lowest BCUT2D eigenvalue weighted by Crippen LogP contribution is -2.34. The minimum atomic E-state index is 0.829. The zero-order valence-electron chi connectivity index (χ0n) is 13.2. The highest BCUT2D eigenvalue weighted by Gasteiger charge is 2.17. The Kier molecular flexibility index (Phi) is 4.56. The molecule has 4 nitrogen and oxygen atoms in total. The molecule has 0 bridgehead atoms. The molecule has 1 aliphatic rings. The number of nitrogens with zero attached hydrogens (tertiary/aromatic N) is 3. The average molecular weight is 286 g/mol. The third-order valence-electron chi connectivity index (χ3n) is 4.48. The van der Waals surface area contributed by atoms with Crippen molar-refractivity contribution in [3.05, 3.63) is 30.0 Å². The summed E-state index contributed by atoms with van der Waals surface area (Å²) in [6, 6.07) is 8.57. The van der Waals surface area contributed by atoms with Gasteiger partial charge in [0.2, 0.25) is 0 Å². The quantitative estimate of drug-likeness (QED) is 0.916. The molecule has 21 heavy (non-hydrogen) atoms. The second-order valence-electron chi connectivity index (χ2n) is 6.17. The molecule has 0 radical (unpaired) electrons. The summed E-state index contributed by atoms with van der Waals surface area (Å²) in [5.74, 6) is 0.829. The Morgan fingerprint density at radius 3 is 2.81 bits per heavy atom. The van der Waals surface area contributed by atoms with Crippen LogP contribution in [0.1, 0.15) is 25.5 Å². The lowest BCUT2D eigenvalue weighted by Gasteiger charge is -2.27. The molecule has 1 fully saturated rings. The van der Waals surface area contributed by atoms with Gasteiger partial charge in [0.05, 0.1) is 11.2 Å². The topological polar surface area (TPSA) is 33.1 Å². The third kappa shape index (κ3) is 3.27. The first-order chi connectivity index (χ1) is 10.3. The maximum absolute atomic E-state index is 4.80. The molecule has 0 saturated carbocycles. The standard InChI is InChI=1S/C17H26N4/c1-3-21-17-7-5-4-6-15(17)16(19-21)13-20(2)12-14-8-10-18-11-9-14/h4-7,14,18H,3,8-13H2,1-2H3. The molecule has 2 heterocycles. The van der Waals surface area contributed by atoms with E-state index < -0.39 is 0 Å². The summed E-state index contributed by atoms with van der Waals surface area (Å²) in [6.45, 7) is 7.55. The number of aromatic nitrogens is 2. The molecule has 1 aliphatic heterocycles. The van der Waals surface area contributed by atoms with Gasteiger partial charge in [-0.3, -0.25) is 4.68 Å². The van der Waals surface area contributed by atoms with E-state index in [1.807, 2.05) is 0 Å². The summed E-state index contributed by atoms with van der Waals surface area (Å²) in [4.78, 5) is 2.44. The Balaban J connectivity index is 1.71. The summed E-state index contributed by atoms with van der Waals surface area (Å²) < 4.78 is 2.11. The fraction of sp³-hybridized carbons (Fsp3) is 0.588. The van der Waals surface area contributed by atoms with Gasteiger partial charge in [0.25, 0.3) is 0 Å². The van der Waals surface area contributed by atoms with Crippen molar-refractivity contribution in [2.45, 2.75) is 32.9 Å². The molecule has 0 amide bonds. The van der Waals surface area contributed by atoms with E-state index in [0.717, 1.165) is 19.0 Å². The van der Waals surface area contributed by atoms with Crippen LogP contribution in [0.15, 0.2) is 24.3 Å². The predicted molar refractivity (Wildman–Crippen MR) is 87.3 cm³/mol. The Morgan fingerprint density at radius 1 is 1.29 bits per heavy atom. The number of aryl methyl sites for hydroxylation is 1. The predicted octanol–water partition coefficient (Wildman–Crippen LogP) is 2.49. The molecule has 3 rings (SSSR count). The Labute approximate surface area is 127 Å². The zero-order chi connectivity index (χ0) is 14.7. The number of fused-ring (bicyclic) bond motifs is 1. The number of nitrogens with one attached hydrogen (secondary N) is 1. The number of para-hydroxylation sites is 1. The maximum Gasteiger partial charge on any atom is 0.0843 e. The van der Waals surface area contributed by atoms with E-state index in [4.69, 9.17) is 5.10 Å². The first-order valence-electron chi connectivity index (χ1n) is 8.11. The number of piperidine rings is 1.